The van der Waals surface area contributed by atoms with Crippen LogP contribution in [-0.4, -0.2) is 10.8 Å². The van der Waals surface area contributed by atoms with Crippen molar-refractivity contribution >= 4 is 34.5 Å². The Morgan fingerprint density at radius 3 is 2.48 bits per heavy atom. The van der Waals surface area contributed by atoms with Crippen molar-refractivity contribution in [2.75, 3.05) is 0 Å². The molecule has 0 amide bonds. The summed E-state index contributed by atoms with van der Waals surface area (Å²) in [5.74, 6) is -0.206. The number of rotatable bonds is 3. The molecule has 0 radical (unpaired) electrons. The lowest BCUT2D eigenvalue weighted by Gasteiger charge is -2.19. The minimum atomic E-state index is -0.264. The van der Waals surface area contributed by atoms with Gasteiger partial charge < -0.3 is 4.98 Å². The number of aryl methyl sites for hydroxylation is 1. The molecule has 0 spiro atoms. The van der Waals surface area contributed by atoms with E-state index in [0.717, 1.165) is 51.6 Å². The van der Waals surface area contributed by atoms with E-state index >= 15 is 0 Å². The van der Waals surface area contributed by atoms with Gasteiger partial charge in [0, 0.05) is 9.26 Å². The Hall–Kier alpha value is -1.69. The Morgan fingerprint density at radius 1 is 1.13 bits per heavy atom. The third-order valence-electron chi connectivity index (χ3n) is 4.29. The maximum atomic E-state index is 12.6. The van der Waals surface area contributed by atoms with Crippen LogP contribution in [0.3, 0.4) is 0 Å². The molecule has 0 saturated heterocycles. The highest BCUT2D eigenvalue weighted by atomic mass is 127. The van der Waals surface area contributed by atoms with Crippen molar-refractivity contribution < 1.29 is 4.79 Å². The molecule has 0 unspecified atom stereocenters. The Balaban J connectivity index is 1.96. The predicted octanol–water partition coefficient (Wildman–Crippen LogP) is 4.06. The minimum absolute atomic E-state index is 0.206. The van der Waals surface area contributed by atoms with Crippen molar-refractivity contribution in [1.82, 2.24) is 4.98 Å². The quantitative estimate of drug-likeness (QED) is 0.464. The van der Waals surface area contributed by atoms with Crippen LogP contribution in [0.15, 0.2) is 35.1 Å². The summed E-state index contributed by atoms with van der Waals surface area (Å²) in [5, 5.41) is 0. The third kappa shape index (κ3) is 3.47. The van der Waals surface area contributed by atoms with Crippen molar-refractivity contribution in [3.05, 3.63) is 72.2 Å². The molecule has 2 aromatic rings. The Morgan fingerprint density at radius 2 is 1.78 bits per heavy atom. The highest BCUT2D eigenvalue weighted by Crippen LogP contribution is 2.25. The number of nitrogens with one attached hydrogen (secondary N) is 1. The van der Waals surface area contributed by atoms with Crippen LogP contribution >= 0.6 is 22.6 Å². The van der Waals surface area contributed by atoms with Gasteiger partial charge in [-0.2, -0.15) is 0 Å². The fourth-order valence-corrected chi connectivity index (χ4v) is 3.49. The maximum Gasteiger partial charge on any atom is 0.259 e. The minimum Gasteiger partial charge on any atom is -0.326 e. The summed E-state index contributed by atoms with van der Waals surface area (Å²) in [7, 11) is 0. The van der Waals surface area contributed by atoms with E-state index in [2.05, 4.69) is 27.6 Å². The van der Waals surface area contributed by atoms with Crippen molar-refractivity contribution in [2.45, 2.75) is 32.6 Å². The average Bonchev–Trinajstić information content (AvgIpc) is 2.54. The van der Waals surface area contributed by atoms with Gasteiger partial charge in [-0.3, -0.25) is 9.59 Å². The summed E-state index contributed by atoms with van der Waals surface area (Å²) in [6, 6.07) is 7.90. The number of hydrogen-bond donors (Lipinski definition) is 1. The number of aromatic nitrogens is 1. The number of ketones is 1. The molecule has 1 heterocycles. The molecule has 0 bridgehead atoms. The van der Waals surface area contributed by atoms with Gasteiger partial charge in [-0.15, -0.1) is 0 Å². The summed E-state index contributed by atoms with van der Waals surface area (Å²) >= 11 is 2.24. The van der Waals surface area contributed by atoms with Crippen LogP contribution < -0.4 is 5.56 Å². The second-order valence-corrected chi connectivity index (χ2v) is 7.11. The summed E-state index contributed by atoms with van der Waals surface area (Å²) in [5.41, 5.74) is 4.03. The van der Waals surface area contributed by atoms with Gasteiger partial charge in [0.2, 0.25) is 0 Å². The molecule has 0 saturated carbocycles. The second-order valence-electron chi connectivity index (χ2n) is 5.87. The Kier molecular flexibility index (Phi) is 4.80. The number of carbonyl (C=O) groups excluding carboxylic acids is 1. The van der Waals surface area contributed by atoms with Crippen molar-refractivity contribution in [3.63, 3.8) is 0 Å². The van der Waals surface area contributed by atoms with E-state index in [1.165, 1.54) is 6.08 Å². The molecule has 3 rings (SSSR count). The molecule has 118 valence electrons. The Labute approximate surface area is 149 Å². The standard InChI is InChI=1S/C19H18INO2/c1-12-15-4-2-3-5-16(15)18(19(23)21-12)17(22)11-8-13-6-9-14(20)10-7-13/h6-11H,2-5H2,1H3,(H,21,23)/b11-8+. The lowest BCUT2D eigenvalue weighted by molar-refractivity contribution is 0.104. The molecule has 1 aromatic heterocycles. The zero-order chi connectivity index (χ0) is 16.4. The van der Waals surface area contributed by atoms with Crippen molar-refractivity contribution in [3.8, 4) is 0 Å². The zero-order valence-corrected chi connectivity index (χ0v) is 15.1. The topological polar surface area (TPSA) is 49.9 Å². The van der Waals surface area contributed by atoms with Crippen LogP contribution in [0.25, 0.3) is 6.08 Å². The van der Waals surface area contributed by atoms with Crippen molar-refractivity contribution in [2.24, 2.45) is 0 Å². The number of halogens is 1. The zero-order valence-electron chi connectivity index (χ0n) is 13.0. The first-order valence-corrected chi connectivity index (χ1v) is 8.87. The van der Waals surface area contributed by atoms with E-state index in [4.69, 9.17) is 0 Å². The van der Waals surface area contributed by atoms with Gasteiger partial charge in [0.1, 0.15) is 0 Å². The van der Waals surface area contributed by atoms with Gasteiger partial charge >= 0.3 is 0 Å². The van der Waals surface area contributed by atoms with E-state index in [1.807, 2.05) is 31.2 Å². The molecule has 0 fully saturated rings. The molecule has 4 heteroatoms. The summed E-state index contributed by atoms with van der Waals surface area (Å²) in [6.45, 7) is 1.92. The number of carbonyl (C=O) groups is 1. The first-order chi connectivity index (χ1) is 11.1. The number of aromatic amines is 1. The fourth-order valence-electron chi connectivity index (χ4n) is 3.13. The smallest absolute Gasteiger partial charge is 0.259 e. The van der Waals surface area contributed by atoms with Crippen LogP contribution in [-0.2, 0) is 12.8 Å². The summed E-state index contributed by atoms with van der Waals surface area (Å²) in [6.07, 6.45) is 7.20. The van der Waals surface area contributed by atoms with Crippen LogP contribution in [0.1, 0.15) is 45.6 Å². The molecule has 1 aromatic carbocycles. The highest BCUT2D eigenvalue weighted by Gasteiger charge is 2.21. The van der Waals surface area contributed by atoms with Gasteiger partial charge in [0.05, 0.1) is 5.56 Å². The van der Waals surface area contributed by atoms with E-state index < -0.39 is 0 Å². The monoisotopic (exact) mass is 419 g/mol. The average molecular weight is 419 g/mol. The molecule has 0 aliphatic heterocycles. The van der Waals surface area contributed by atoms with Crippen LogP contribution in [0.2, 0.25) is 0 Å². The lowest BCUT2D eigenvalue weighted by Crippen LogP contribution is -2.24. The summed E-state index contributed by atoms with van der Waals surface area (Å²) in [4.78, 5) is 27.7. The SMILES string of the molecule is Cc1[nH]c(=O)c(C(=O)/C=C/c2ccc(I)cc2)c2c1CCCC2. The van der Waals surface area contributed by atoms with Crippen LogP contribution in [0.4, 0.5) is 0 Å². The first-order valence-electron chi connectivity index (χ1n) is 7.79. The number of benzene rings is 1. The van der Waals surface area contributed by atoms with Crippen LogP contribution in [0.5, 0.6) is 0 Å². The molecular formula is C19H18INO2. The van der Waals surface area contributed by atoms with Gasteiger partial charge in [0.25, 0.3) is 5.56 Å². The molecule has 1 aliphatic rings. The van der Waals surface area contributed by atoms with Crippen molar-refractivity contribution in [1.29, 1.82) is 0 Å². The maximum absolute atomic E-state index is 12.6. The number of fused-ring (bicyclic) bond motifs is 1. The highest BCUT2D eigenvalue weighted by molar-refractivity contribution is 14.1. The molecule has 3 nitrogen and oxygen atoms in total. The molecule has 1 aliphatic carbocycles. The van der Waals surface area contributed by atoms with E-state index in [0.29, 0.717) is 5.56 Å². The molecule has 0 atom stereocenters. The number of allylic oxidation sites excluding steroid dienone is 1. The van der Waals surface area contributed by atoms with Gasteiger partial charge in [-0.1, -0.05) is 18.2 Å². The normalized spacial score (nSPS) is 14.0. The number of pyridine rings is 1. The second kappa shape index (κ2) is 6.83. The van der Waals surface area contributed by atoms with E-state index in [9.17, 15) is 9.59 Å². The molecule has 23 heavy (non-hydrogen) atoms. The number of hydrogen-bond acceptors (Lipinski definition) is 2. The predicted molar refractivity (Wildman–Crippen MR) is 101 cm³/mol. The molecule has 1 N–H and O–H groups in total. The third-order valence-corrected chi connectivity index (χ3v) is 5.01. The number of H-pyrrole nitrogens is 1. The van der Waals surface area contributed by atoms with Gasteiger partial charge in [-0.25, -0.2) is 0 Å². The van der Waals surface area contributed by atoms with Gasteiger partial charge in [0.15, 0.2) is 5.78 Å². The van der Waals surface area contributed by atoms with Gasteiger partial charge in [-0.05, 0) is 90.1 Å². The van der Waals surface area contributed by atoms with Crippen LogP contribution in [0, 0.1) is 10.5 Å². The lowest BCUT2D eigenvalue weighted by atomic mass is 9.87. The largest absolute Gasteiger partial charge is 0.326 e. The fraction of sp³-hybridized carbons (Fsp3) is 0.263. The summed E-state index contributed by atoms with van der Waals surface area (Å²) < 4.78 is 1.15. The Bertz CT molecular complexity index is 832. The van der Waals surface area contributed by atoms with E-state index in [-0.39, 0.29) is 11.3 Å². The molecular weight excluding hydrogens is 401 g/mol. The first kappa shape index (κ1) is 16.2. The van der Waals surface area contributed by atoms with E-state index in [1.54, 1.807) is 6.08 Å².